The largest absolute Gasteiger partial charge is 0.497 e. The number of nitrogens with zero attached hydrogens (tertiary/aromatic N) is 2. The summed E-state index contributed by atoms with van der Waals surface area (Å²) in [7, 11) is -2.70. The molecule has 2 amide bonds. The molecule has 0 aromatic heterocycles. The molecule has 3 aromatic rings. The first-order valence-electron chi connectivity index (χ1n) is 13.1. The summed E-state index contributed by atoms with van der Waals surface area (Å²) >= 11 is 12.5. The van der Waals surface area contributed by atoms with Crippen molar-refractivity contribution in [2.45, 2.75) is 57.6 Å². The lowest BCUT2D eigenvalue weighted by Gasteiger charge is -2.32. The minimum Gasteiger partial charge on any atom is -0.497 e. The molecule has 0 bridgehead atoms. The Bertz CT molecular complexity index is 1460. The van der Waals surface area contributed by atoms with E-state index in [1.54, 1.807) is 43.3 Å². The van der Waals surface area contributed by atoms with Crippen molar-refractivity contribution in [2.75, 3.05) is 18.0 Å². The molecule has 0 fully saturated rings. The summed E-state index contributed by atoms with van der Waals surface area (Å²) in [5.41, 5.74) is 1.71. The molecule has 0 aliphatic rings. The van der Waals surface area contributed by atoms with Crippen LogP contribution in [0.25, 0.3) is 0 Å². The summed E-state index contributed by atoms with van der Waals surface area (Å²) < 4.78 is 34.1. The Kier molecular flexibility index (Phi) is 11.1. The lowest BCUT2D eigenvalue weighted by atomic mass is 10.1. The summed E-state index contributed by atoms with van der Waals surface area (Å²) in [6, 6.07) is 16.7. The minimum atomic E-state index is -4.24. The smallest absolute Gasteiger partial charge is 0.264 e. The van der Waals surface area contributed by atoms with Gasteiger partial charge in [-0.25, -0.2) is 8.42 Å². The van der Waals surface area contributed by atoms with Gasteiger partial charge in [-0.2, -0.15) is 0 Å². The molecular formula is C30H35Cl2N3O5S. The molecule has 0 radical (unpaired) electrons. The molecule has 41 heavy (non-hydrogen) atoms. The van der Waals surface area contributed by atoms with Crippen molar-refractivity contribution in [3.63, 3.8) is 0 Å². The van der Waals surface area contributed by atoms with Crippen molar-refractivity contribution in [3.8, 4) is 5.75 Å². The number of halogens is 2. The second-order valence-corrected chi connectivity index (χ2v) is 12.6. The van der Waals surface area contributed by atoms with Gasteiger partial charge in [0.05, 0.1) is 17.7 Å². The van der Waals surface area contributed by atoms with Crippen LogP contribution in [0.4, 0.5) is 5.69 Å². The number of hydrogen-bond donors (Lipinski definition) is 1. The van der Waals surface area contributed by atoms with Gasteiger partial charge in [0, 0.05) is 22.6 Å². The van der Waals surface area contributed by atoms with E-state index in [-0.39, 0.29) is 39.1 Å². The number of benzene rings is 3. The third kappa shape index (κ3) is 8.38. The topological polar surface area (TPSA) is 96.0 Å². The molecule has 8 nitrogen and oxygen atoms in total. The number of rotatable bonds is 12. The first-order chi connectivity index (χ1) is 19.3. The van der Waals surface area contributed by atoms with Crippen molar-refractivity contribution >= 4 is 50.7 Å². The Hall–Kier alpha value is -3.27. The van der Waals surface area contributed by atoms with Crippen LogP contribution in [0.2, 0.25) is 10.0 Å². The highest BCUT2D eigenvalue weighted by atomic mass is 35.5. The second-order valence-electron chi connectivity index (χ2n) is 9.82. The molecule has 0 saturated heterocycles. The second kappa shape index (κ2) is 14.1. The molecule has 0 aliphatic carbocycles. The van der Waals surface area contributed by atoms with Crippen molar-refractivity contribution in [2.24, 2.45) is 0 Å². The normalized spacial score (nSPS) is 12.8. The molecule has 220 valence electrons. The number of carbonyl (C=O) groups is 2. The maximum atomic E-state index is 14.0. The summed E-state index contributed by atoms with van der Waals surface area (Å²) in [4.78, 5) is 28.6. The molecule has 0 spiro atoms. The van der Waals surface area contributed by atoms with Crippen LogP contribution in [0.3, 0.4) is 0 Å². The van der Waals surface area contributed by atoms with E-state index < -0.39 is 28.5 Å². The third-order valence-corrected chi connectivity index (χ3v) is 8.90. The number of aryl methyl sites for hydroxylation is 1. The first kappa shape index (κ1) is 32.2. The van der Waals surface area contributed by atoms with Crippen LogP contribution in [0.1, 0.15) is 38.3 Å². The zero-order valence-electron chi connectivity index (χ0n) is 23.7. The van der Waals surface area contributed by atoms with Gasteiger partial charge in [0.2, 0.25) is 11.8 Å². The number of anilines is 1. The number of nitrogens with one attached hydrogen (secondary N) is 1. The van der Waals surface area contributed by atoms with E-state index in [1.165, 1.54) is 42.3 Å². The average Bonchev–Trinajstić information content (AvgIpc) is 2.93. The van der Waals surface area contributed by atoms with Crippen molar-refractivity contribution in [3.05, 3.63) is 87.9 Å². The number of hydrogen-bond acceptors (Lipinski definition) is 5. The number of carbonyl (C=O) groups excluding carboxylic acids is 2. The quantitative estimate of drug-likeness (QED) is 0.275. The fourth-order valence-electron chi connectivity index (χ4n) is 4.07. The number of methoxy groups -OCH3 is 1. The molecule has 0 heterocycles. The van der Waals surface area contributed by atoms with E-state index >= 15 is 0 Å². The summed E-state index contributed by atoms with van der Waals surface area (Å²) in [6.07, 6.45) is 0.709. The van der Waals surface area contributed by atoms with Crippen LogP contribution in [-0.2, 0) is 26.2 Å². The average molecular weight is 621 g/mol. The highest BCUT2D eigenvalue weighted by molar-refractivity contribution is 7.92. The standard InChI is InChI=1S/C30H35Cl2N3O5S/c1-6-21(3)33-30(37)22(4)34(18-23-8-7-9-27(14-23)40-5)29(36)19-35(26-16-24(31)15-25(32)17-26)41(38,39)28-12-10-20(2)11-13-28/h7-17,21-22H,6,18-19H2,1-5H3,(H,33,37)/t21-,22-/m1/s1. The molecule has 3 aromatic carbocycles. The molecule has 0 aliphatic heterocycles. The lowest BCUT2D eigenvalue weighted by molar-refractivity contribution is -0.139. The van der Waals surface area contributed by atoms with Crippen molar-refractivity contribution < 1.29 is 22.7 Å². The SMILES string of the molecule is CC[C@@H](C)NC(=O)[C@@H](C)N(Cc1cccc(OC)c1)C(=O)CN(c1cc(Cl)cc(Cl)c1)S(=O)(=O)c1ccc(C)cc1. The Labute approximate surface area is 252 Å². The van der Waals surface area contributed by atoms with Crippen LogP contribution in [-0.4, -0.2) is 50.9 Å². The molecule has 2 atom stereocenters. The van der Waals surface area contributed by atoms with Crippen molar-refractivity contribution in [1.29, 1.82) is 0 Å². The van der Waals surface area contributed by atoms with Gasteiger partial charge in [0.25, 0.3) is 10.0 Å². The Morgan fingerprint density at radius 2 is 1.61 bits per heavy atom. The fraction of sp³-hybridized carbons (Fsp3) is 0.333. The van der Waals surface area contributed by atoms with E-state index in [0.29, 0.717) is 17.7 Å². The maximum Gasteiger partial charge on any atom is 0.264 e. The van der Waals surface area contributed by atoms with E-state index in [4.69, 9.17) is 27.9 Å². The van der Waals surface area contributed by atoms with Crippen LogP contribution >= 0.6 is 23.2 Å². The van der Waals surface area contributed by atoms with Crippen molar-refractivity contribution in [1.82, 2.24) is 10.2 Å². The van der Waals surface area contributed by atoms with Gasteiger partial charge >= 0.3 is 0 Å². The Morgan fingerprint density at radius 3 is 2.20 bits per heavy atom. The molecule has 11 heteroatoms. The maximum absolute atomic E-state index is 14.0. The van der Waals surface area contributed by atoms with Gasteiger partial charge in [-0.05, 0) is 75.2 Å². The predicted octanol–water partition coefficient (Wildman–Crippen LogP) is 5.84. The molecular weight excluding hydrogens is 585 g/mol. The number of ether oxygens (including phenoxy) is 1. The van der Waals surface area contributed by atoms with E-state index in [1.807, 2.05) is 20.8 Å². The minimum absolute atomic E-state index is 0.00564. The number of amides is 2. The van der Waals surface area contributed by atoms with E-state index in [0.717, 1.165) is 9.87 Å². The van der Waals surface area contributed by atoms with Gasteiger partial charge in [-0.3, -0.25) is 13.9 Å². The monoisotopic (exact) mass is 619 g/mol. The molecule has 0 saturated carbocycles. The number of sulfonamides is 1. The van der Waals surface area contributed by atoms with Crippen LogP contribution in [0.5, 0.6) is 5.75 Å². The van der Waals surface area contributed by atoms with Gasteiger partial charge in [-0.15, -0.1) is 0 Å². The Balaban J connectivity index is 2.07. The third-order valence-electron chi connectivity index (χ3n) is 6.68. The van der Waals surface area contributed by atoms with Gasteiger partial charge in [0.1, 0.15) is 18.3 Å². The van der Waals surface area contributed by atoms with Crippen LogP contribution < -0.4 is 14.4 Å². The van der Waals surface area contributed by atoms with Gasteiger partial charge < -0.3 is 15.0 Å². The van der Waals surface area contributed by atoms with E-state index in [9.17, 15) is 18.0 Å². The fourth-order valence-corrected chi connectivity index (χ4v) is 5.98. The van der Waals surface area contributed by atoms with Crippen LogP contribution in [0, 0.1) is 6.92 Å². The lowest BCUT2D eigenvalue weighted by Crippen LogP contribution is -2.52. The zero-order chi connectivity index (χ0) is 30.3. The summed E-state index contributed by atoms with van der Waals surface area (Å²) in [6.45, 7) is 6.72. The highest BCUT2D eigenvalue weighted by Crippen LogP contribution is 2.30. The first-order valence-corrected chi connectivity index (χ1v) is 15.3. The van der Waals surface area contributed by atoms with Gasteiger partial charge in [0.15, 0.2) is 0 Å². The molecule has 0 unspecified atom stereocenters. The van der Waals surface area contributed by atoms with Crippen LogP contribution in [0.15, 0.2) is 71.6 Å². The van der Waals surface area contributed by atoms with Gasteiger partial charge in [-0.1, -0.05) is 60.0 Å². The zero-order valence-corrected chi connectivity index (χ0v) is 26.1. The highest BCUT2D eigenvalue weighted by Gasteiger charge is 2.33. The summed E-state index contributed by atoms with van der Waals surface area (Å²) in [5, 5.41) is 3.32. The predicted molar refractivity (Wildman–Crippen MR) is 163 cm³/mol. The Morgan fingerprint density at radius 1 is 0.976 bits per heavy atom. The summed E-state index contributed by atoms with van der Waals surface area (Å²) in [5.74, 6) is -0.357. The molecule has 3 rings (SSSR count). The van der Waals surface area contributed by atoms with E-state index in [2.05, 4.69) is 5.32 Å². The molecule has 1 N–H and O–H groups in total.